The number of alkyl halides is 1. The molecule has 0 amide bonds. The van der Waals surface area contributed by atoms with E-state index in [-0.39, 0.29) is 0 Å². The number of halogens is 1. The summed E-state index contributed by atoms with van der Waals surface area (Å²) in [6, 6.07) is 6.70. The van der Waals surface area contributed by atoms with E-state index in [0.29, 0.717) is 5.88 Å². The zero-order valence-electron chi connectivity index (χ0n) is 12.3. The van der Waals surface area contributed by atoms with E-state index >= 15 is 0 Å². The van der Waals surface area contributed by atoms with Crippen LogP contribution in [0.3, 0.4) is 0 Å². The third-order valence-corrected chi connectivity index (χ3v) is 4.32. The molecule has 0 N–H and O–H groups in total. The molecule has 2 heterocycles. The second-order valence-corrected chi connectivity index (χ2v) is 5.80. The number of anilines is 2. The van der Waals surface area contributed by atoms with Crippen LogP contribution in [0, 0.1) is 13.8 Å². The van der Waals surface area contributed by atoms with E-state index in [4.69, 9.17) is 11.6 Å². The number of hydrogen-bond donors (Lipinski definition) is 0. The van der Waals surface area contributed by atoms with Crippen molar-refractivity contribution in [3.63, 3.8) is 0 Å². The summed E-state index contributed by atoms with van der Waals surface area (Å²) in [7, 11) is 2.00. The fourth-order valence-electron chi connectivity index (χ4n) is 3.13. The maximum Gasteiger partial charge on any atom is 0.135 e. The van der Waals surface area contributed by atoms with Crippen molar-refractivity contribution in [2.45, 2.75) is 32.6 Å². The first kappa shape index (κ1) is 13.5. The second-order valence-electron chi connectivity index (χ2n) is 5.53. The molecule has 3 nitrogen and oxygen atoms in total. The lowest BCUT2D eigenvalue weighted by atomic mass is 9.99. The Bertz CT molecular complexity index is 645. The van der Waals surface area contributed by atoms with Gasteiger partial charge in [-0.15, -0.1) is 11.6 Å². The first-order chi connectivity index (χ1) is 9.61. The predicted octanol–water partition coefficient (Wildman–Crippen LogP) is 3.86. The van der Waals surface area contributed by atoms with Crippen LogP contribution in [-0.4, -0.2) is 16.3 Å². The van der Waals surface area contributed by atoms with E-state index in [0.717, 1.165) is 30.0 Å². The van der Waals surface area contributed by atoms with Gasteiger partial charge in [0.05, 0.1) is 11.6 Å². The van der Waals surface area contributed by atoms with E-state index in [1.165, 1.54) is 23.2 Å². The van der Waals surface area contributed by atoms with Crippen LogP contribution in [0.2, 0.25) is 0 Å². The van der Waals surface area contributed by atoms with Gasteiger partial charge in [-0.1, -0.05) is 17.7 Å². The Morgan fingerprint density at radius 2 is 2.10 bits per heavy atom. The molecule has 0 radical (unpaired) electrons. The molecule has 106 valence electrons. The normalized spacial score (nSPS) is 14.5. The molecule has 1 aliphatic rings. The van der Waals surface area contributed by atoms with Gasteiger partial charge in [0.15, 0.2) is 0 Å². The maximum absolute atomic E-state index is 6.14. The molecule has 20 heavy (non-hydrogen) atoms. The Morgan fingerprint density at radius 3 is 2.85 bits per heavy atom. The van der Waals surface area contributed by atoms with E-state index < -0.39 is 0 Å². The molecular formula is C16H20ClN3. The van der Waals surface area contributed by atoms with Crippen molar-refractivity contribution >= 4 is 23.1 Å². The Balaban J connectivity index is 2.14. The van der Waals surface area contributed by atoms with E-state index in [1.807, 2.05) is 18.7 Å². The van der Waals surface area contributed by atoms with E-state index in [2.05, 4.69) is 35.1 Å². The molecule has 0 bridgehead atoms. The van der Waals surface area contributed by atoms with Crippen LogP contribution in [-0.2, 0) is 19.3 Å². The summed E-state index contributed by atoms with van der Waals surface area (Å²) in [6.45, 7) is 5.21. The molecule has 0 aliphatic carbocycles. The number of rotatable bonds is 2. The van der Waals surface area contributed by atoms with Crippen molar-refractivity contribution < 1.29 is 0 Å². The Morgan fingerprint density at radius 1 is 1.30 bits per heavy atom. The zero-order chi connectivity index (χ0) is 14.3. The molecule has 0 saturated heterocycles. The molecule has 1 aromatic carbocycles. The van der Waals surface area contributed by atoms with Gasteiger partial charge in [0, 0.05) is 24.8 Å². The number of aromatic nitrogens is 2. The van der Waals surface area contributed by atoms with Gasteiger partial charge in [-0.2, -0.15) is 5.10 Å². The third kappa shape index (κ3) is 2.10. The average Bonchev–Trinajstić information content (AvgIpc) is 2.71. The van der Waals surface area contributed by atoms with Gasteiger partial charge < -0.3 is 4.90 Å². The summed E-state index contributed by atoms with van der Waals surface area (Å²) in [6.07, 6.45) is 2.32. The summed E-state index contributed by atoms with van der Waals surface area (Å²) in [4.78, 5) is 2.37. The minimum absolute atomic E-state index is 0.507. The molecular weight excluding hydrogens is 270 g/mol. The number of benzene rings is 1. The Labute approximate surface area is 125 Å². The minimum Gasteiger partial charge on any atom is -0.326 e. The van der Waals surface area contributed by atoms with Gasteiger partial charge in [-0.25, -0.2) is 0 Å². The van der Waals surface area contributed by atoms with Crippen molar-refractivity contribution in [1.29, 1.82) is 0 Å². The van der Waals surface area contributed by atoms with Crippen LogP contribution in [0.5, 0.6) is 0 Å². The highest BCUT2D eigenvalue weighted by Crippen LogP contribution is 2.36. The summed E-state index contributed by atoms with van der Waals surface area (Å²) in [5.74, 6) is 1.65. The third-order valence-electron chi connectivity index (χ3n) is 4.06. The first-order valence-corrected chi connectivity index (χ1v) is 7.60. The monoisotopic (exact) mass is 289 g/mol. The van der Waals surface area contributed by atoms with Gasteiger partial charge in [0.2, 0.25) is 0 Å². The summed E-state index contributed by atoms with van der Waals surface area (Å²) >= 11 is 6.14. The van der Waals surface area contributed by atoms with Gasteiger partial charge in [-0.05, 0) is 38.3 Å². The average molecular weight is 290 g/mol. The molecule has 1 aliphatic heterocycles. The Hall–Kier alpha value is -1.48. The van der Waals surface area contributed by atoms with Crippen LogP contribution < -0.4 is 4.90 Å². The van der Waals surface area contributed by atoms with Gasteiger partial charge >= 0.3 is 0 Å². The van der Waals surface area contributed by atoms with Crippen LogP contribution in [0.15, 0.2) is 18.2 Å². The zero-order valence-corrected chi connectivity index (χ0v) is 13.0. The number of nitrogens with zero attached hydrogens (tertiary/aromatic N) is 3. The molecule has 3 rings (SSSR count). The summed E-state index contributed by atoms with van der Waals surface area (Å²) in [5.41, 5.74) is 6.22. The highest BCUT2D eigenvalue weighted by molar-refractivity contribution is 6.17. The number of fused-ring (bicyclic) bond motifs is 1. The summed E-state index contributed by atoms with van der Waals surface area (Å²) < 4.78 is 1.96. The minimum atomic E-state index is 0.507. The molecule has 1 aromatic heterocycles. The van der Waals surface area contributed by atoms with Crippen molar-refractivity contribution in [3.8, 4) is 0 Å². The van der Waals surface area contributed by atoms with Crippen LogP contribution in [0.4, 0.5) is 11.5 Å². The second kappa shape index (κ2) is 5.13. The largest absolute Gasteiger partial charge is 0.326 e. The van der Waals surface area contributed by atoms with E-state index in [9.17, 15) is 0 Å². The van der Waals surface area contributed by atoms with Gasteiger partial charge in [0.25, 0.3) is 0 Å². The molecule has 0 spiro atoms. The number of aryl methyl sites for hydroxylation is 4. The fourth-order valence-corrected chi connectivity index (χ4v) is 3.44. The topological polar surface area (TPSA) is 21.1 Å². The maximum atomic E-state index is 6.14. The lowest BCUT2D eigenvalue weighted by molar-refractivity contribution is 0.702. The lowest BCUT2D eigenvalue weighted by Crippen LogP contribution is -2.27. The predicted molar refractivity (Wildman–Crippen MR) is 84.0 cm³/mol. The molecule has 2 aromatic rings. The lowest BCUT2D eigenvalue weighted by Gasteiger charge is -2.32. The molecule has 4 heteroatoms. The van der Waals surface area contributed by atoms with Crippen molar-refractivity contribution in [3.05, 3.63) is 40.6 Å². The Kier molecular flexibility index (Phi) is 3.47. The first-order valence-electron chi connectivity index (χ1n) is 7.07. The van der Waals surface area contributed by atoms with Crippen molar-refractivity contribution in [1.82, 2.24) is 9.78 Å². The summed E-state index contributed by atoms with van der Waals surface area (Å²) in [5, 5.41) is 4.54. The van der Waals surface area contributed by atoms with Crippen LogP contribution in [0.1, 0.15) is 28.8 Å². The highest BCUT2D eigenvalue weighted by Gasteiger charge is 2.24. The fraction of sp³-hybridized carbons (Fsp3) is 0.438. The molecule has 0 unspecified atom stereocenters. The van der Waals surface area contributed by atoms with Crippen LogP contribution >= 0.6 is 11.6 Å². The van der Waals surface area contributed by atoms with Crippen molar-refractivity contribution in [2.75, 3.05) is 11.4 Å². The standard InChI is InChI=1S/C16H20ClN3/c1-11-6-7-15-13(9-11)5-4-8-20(15)16-14(10-17)12(2)18-19(16)3/h6-7,9H,4-5,8,10H2,1-3H3. The molecule has 0 atom stereocenters. The molecule has 0 saturated carbocycles. The van der Waals surface area contributed by atoms with Crippen molar-refractivity contribution in [2.24, 2.45) is 7.05 Å². The van der Waals surface area contributed by atoms with Gasteiger partial charge in [-0.3, -0.25) is 4.68 Å². The van der Waals surface area contributed by atoms with Crippen LogP contribution in [0.25, 0.3) is 0 Å². The van der Waals surface area contributed by atoms with Gasteiger partial charge in [0.1, 0.15) is 5.82 Å². The highest BCUT2D eigenvalue weighted by atomic mass is 35.5. The quantitative estimate of drug-likeness (QED) is 0.783. The number of hydrogen-bond acceptors (Lipinski definition) is 2. The molecule has 0 fully saturated rings. The van der Waals surface area contributed by atoms with E-state index in [1.54, 1.807) is 0 Å². The smallest absolute Gasteiger partial charge is 0.135 e. The SMILES string of the molecule is Cc1ccc2c(c1)CCCN2c1c(CCl)c(C)nn1C.